The molecule has 10 rings (SSSR count). The smallest absolute Gasteiger partial charge is 0.0540 e. The lowest BCUT2D eigenvalue weighted by Gasteiger charge is -2.40. The second kappa shape index (κ2) is 14.1. The van der Waals surface area contributed by atoms with Crippen LogP contribution in [0.4, 0.5) is 0 Å². The topological polar surface area (TPSA) is 8.17 Å². The van der Waals surface area contributed by atoms with Crippen LogP contribution in [-0.2, 0) is 12.8 Å². The van der Waals surface area contributed by atoms with E-state index in [1.165, 1.54) is 86.7 Å². The number of benzene rings is 4. The number of allylic oxidation sites excluding steroid dienone is 11. The van der Waals surface area contributed by atoms with Crippen molar-refractivity contribution in [2.24, 2.45) is 29.6 Å². The lowest BCUT2D eigenvalue weighted by Crippen LogP contribution is -2.31. The average molecular weight is 733 g/mol. The molecular formula is C54H56N2. The molecule has 0 N–H and O–H groups in total. The molecule has 5 aliphatic rings. The van der Waals surface area contributed by atoms with Gasteiger partial charge in [0.25, 0.3) is 0 Å². The Bertz CT molecular complexity index is 2530. The van der Waals surface area contributed by atoms with Gasteiger partial charge in [-0.25, -0.2) is 0 Å². The maximum Gasteiger partial charge on any atom is 0.0540 e. The SMILES string of the molecule is CC1CC2=C(C=C1c1ccccc1)CCCN2C1=CC(C)C(c2ccc(C3=CC=C(n4c5ccccc5c5c6c(ccc54)CC(C)C(C)C6)C(C)C3)cc2)C=C1. The molecule has 282 valence electrons. The van der Waals surface area contributed by atoms with Crippen molar-refractivity contribution < 1.29 is 0 Å². The summed E-state index contributed by atoms with van der Waals surface area (Å²) in [5.41, 5.74) is 18.8. The summed E-state index contributed by atoms with van der Waals surface area (Å²) >= 11 is 0. The fourth-order valence-corrected chi connectivity index (χ4v) is 10.9. The van der Waals surface area contributed by atoms with Crippen LogP contribution in [0.15, 0.2) is 144 Å². The first-order chi connectivity index (χ1) is 27.3. The third-order valence-electron chi connectivity index (χ3n) is 14.3. The lowest BCUT2D eigenvalue weighted by atomic mass is 9.76. The van der Waals surface area contributed by atoms with E-state index < -0.39 is 0 Å². The van der Waals surface area contributed by atoms with Crippen LogP contribution in [0.3, 0.4) is 0 Å². The van der Waals surface area contributed by atoms with Crippen LogP contribution in [0.25, 0.3) is 38.6 Å². The summed E-state index contributed by atoms with van der Waals surface area (Å²) in [5, 5.41) is 2.89. The zero-order chi connectivity index (χ0) is 38.1. The Morgan fingerprint density at radius 2 is 1.45 bits per heavy atom. The molecule has 4 aliphatic carbocycles. The van der Waals surface area contributed by atoms with Gasteiger partial charge in [0.2, 0.25) is 0 Å². The molecule has 0 amide bonds. The second-order valence-corrected chi connectivity index (χ2v) is 18.0. The lowest BCUT2D eigenvalue weighted by molar-refractivity contribution is 0.362. The van der Waals surface area contributed by atoms with Gasteiger partial charge in [-0.3, -0.25) is 0 Å². The van der Waals surface area contributed by atoms with Crippen LogP contribution in [0.5, 0.6) is 0 Å². The number of rotatable bonds is 5. The van der Waals surface area contributed by atoms with Gasteiger partial charge >= 0.3 is 0 Å². The average Bonchev–Trinajstić information content (AvgIpc) is 3.56. The molecule has 4 aromatic carbocycles. The quantitative estimate of drug-likeness (QED) is 0.175. The molecule has 2 heterocycles. The van der Waals surface area contributed by atoms with Crippen LogP contribution >= 0.6 is 0 Å². The third-order valence-corrected chi connectivity index (χ3v) is 14.3. The molecule has 6 unspecified atom stereocenters. The summed E-state index contributed by atoms with van der Waals surface area (Å²) in [6, 6.07) is 34.5. The highest BCUT2D eigenvalue weighted by Gasteiger charge is 2.31. The molecule has 6 atom stereocenters. The van der Waals surface area contributed by atoms with E-state index in [9.17, 15) is 0 Å². The van der Waals surface area contributed by atoms with Crippen molar-refractivity contribution in [3.8, 4) is 0 Å². The van der Waals surface area contributed by atoms with Crippen molar-refractivity contribution in [2.75, 3.05) is 6.54 Å². The van der Waals surface area contributed by atoms with Crippen molar-refractivity contribution >= 4 is 38.6 Å². The summed E-state index contributed by atoms with van der Waals surface area (Å²) in [6.45, 7) is 13.2. The molecule has 56 heavy (non-hydrogen) atoms. The highest BCUT2D eigenvalue weighted by atomic mass is 15.2. The van der Waals surface area contributed by atoms with E-state index in [1.807, 2.05) is 0 Å². The fourth-order valence-electron chi connectivity index (χ4n) is 10.9. The van der Waals surface area contributed by atoms with Gasteiger partial charge in [0.05, 0.1) is 11.0 Å². The minimum absolute atomic E-state index is 0.388. The van der Waals surface area contributed by atoms with Crippen molar-refractivity contribution in [3.63, 3.8) is 0 Å². The molecule has 1 aliphatic heterocycles. The van der Waals surface area contributed by atoms with Crippen molar-refractivity contribution in [2.45, 2.75) is 79.1 Å². The maximum absolute atomic E-state index is 2.65. The predicted octanol–water partition coefficient (Wildman–Crippen LogP) is 13.8. The maximum atomic E-state index is 2.65. The van der Waals surface area contributed by atoms with E-state index in [-0.39, 0.29) is 0 Å². The number of hydrogen-bond acceptors (Lipinski definition) is 1. The van der Waals surface area contributed by atoms with Crippen LogP contribution in [-0.4, -0.2) is 16.0 Å². The van der Waals surface area contributed by atoms with Gasteiger partial charge < -0.3 is 9.47 Å². The third kappa shape index (κ3) is 5.99. The number of hydrogen-bond donors (Lipinski definition) is 0. The van der Waals surface area contributed by atoms with E-state index in [0.29, 0.717) is 29.6 Å². The van der Waals surface area contributed by atoms with Crippen LogP contribution in [0, 0.1) is 29.6 Å². The van der Waals surface area contributed by atoms with Crippen LogP contribution in [0.1, 0.15) is 94.0 Å². The van der Waals surface area contributed by atoms with Gasteiger partial charge in [-0.15, -0.1) is 0 Å². The number of fused-ring (bicyclic) bond motifs is 5. The van der Waals surface area contributed by atoms with Gasteiger partial charge in [0.1, 0.15) is 0 Å². The first-order valence-electron chi connectivity index (χ1n) is 21.5. The molecule has 0 fully saturated rings. The summed E-state index contributed by atoms with van der Waals surface area (Å²) in [5.74, 6) is 3.20. The Balaban J connectivity index is 0.894. The van der Waals surface area contributed by atoms with E-state index in [1.54, 1.807) is 22.4 Å². The summed E-state index contributed by atoms with van der Waals surface area (Å²) in [7, 11) is 0. The van der Waals surface area contributed by atoms with E-state index in [0.717, 1.165) is 25.3 Å². The zero-order valence-electron chi connectivity index (χ0n) is 33.9. The van der Waals surface area contributed by atoms with Crippen LogP contribution < -0.4 is 0 Å². The van der Waals surface area contributed by atoms with Gasteiger partial charge in [-0.2, -0.15) is 0 Å². The predicted molar refractivity (Wildman–Crippen MR) is 238 cm³/mol. The van der Waals surface area contributed by atoms with Crippen molar-refractivity contribution in [1.29, 1.82) is 0 Å². The van der Waals surface area contributed by atoms with Gasteiger partial charge in [0, 0.05) is 46.2 Å². The number of nitrogens with zero attached hydrogens (tertiary/aromatic N) is 2. The minimum atomic E-state index is 0.388. The molecular weight excluding hydrogens is 677 g/mol. The first-order valence-corrected chi connectivity index (χ1v) is 21.5. The van der Waals surface area contributed by atoms with E-state index in [4.69, 9.17) is 0 Å². The highest BCUT2D eigenvalue weighted by molar-refractivity contribution is 6.12. The Morgan fingerprint density at radius 3 is 2.25 bits per heavy atom. The first kappa shape index (κ1) is 35.3. The molecule has 2 nitrogen and oxygen atoms in total. The van der Waals surface area contributed by atoms with E-state index in [2.05, 4.69) is 172 Å². The molecule has 0 radical (unpaired) electrons. The van der Waals surface area contributed by atoms with Gasteiger partial charge in [-0.1, -0.05) is 138 Å². The Labute approximate surface area is 334 Å². The Morgan fingerprint density at radius 1 is 0.661 bits per heavy atom. The van der Waals surface area contributed by atoms with Crippen LogP contribution in [0.2, 0.25) is 0 Å². The van der Waals surface area contributed by atoms with E-state index >= 15 is 0 Å². The Kier molecular flexibility index (Phi) is 8.92. The largest absolute Gasteiger partial charge is 0.345 e. The summed E-state index contributed by atoms with van der Waals surface area (Å²) < 4.78 is 2.59. The summed E-state index contributed by atoms with van der Waals surface area (Å²) in [6.07, 6.45) is 21.7. The Hall–Kier alpha value is -5.08. The number of para-hydroxylation sites is 1. The normalized spacial score (nSPS) is 26.4. The minimum Gasteiger partial charge on any atom is -0.345 e. The van der Waals surface area contributed by atoms with Crippen molar-refractivity contribution in [3.05, 3.63) is 172 Å². The molecule has 2 heteroatoms. The molecule has 0 saturated heterocycles. The molecule has 5 aromatic rings. The molecule has 1 aromatic heterocycles. The monoisotopic (exact) mass is 732 g/mol. The van der Waals surface area contributed by atoms with Gasteiger partial charge in [-0.05, 0) is 131 Å². The van der Waals surface area contributed by atoms with Gasteiger partial charge in [0.15, 0.2) is 0 Å². The zero-order valence-corrected chi connectivity index (χ0v) is 33.9. The molecule has 0 saturated carbocycles. The standard InChI is InChI=1S/C54H56N2/c1-34-28-43-22-26-52-54(49(43)31-35(34)2)47-15-9-10-16-51(47)56(52)50-25-21-42(29-38(50)5)39-17-19-41(20-18-39)46-24-23-45(30-36(46)3)55-27-11-14-44-33-48(37(4)32-53(44)55)40-12-7-6-8-13-40/h6-10,12-13,15-26,30,33-38,46H,11,14,27-29,31-32H2,1-5H3. The highest BCUT2D eigenvalue weighted by Crippen LogP contribution is 2.45. The second-order valence-electron chi connectivity index (χ2n) is 18.0. The van der Waals surface area contributed by atoms with Crippen molar-refractivity contribution in [1.82, 2.24) is 9.47 Å². The molecule has 0 spiro atoms. The summed E-state index contributed by atoms with van der Waals surface area (Å²) in [4.78, 5) is 2.65. The number of aromatic nitrogens is 1. The molecule has 0 bridgehead atoms. The fraction of sp³-hybridized carbons (Fsp3) is 0.333.